The first kappa shape index (κ1) is 19.5. The van der Waals surface area contributed by atoms with E-state index in [1.165, 1.54) is 12.5 Å². The van der Waals surface area contributed by atoms with Gasteiger partial charge in [0.2, 0.25) is 5.91 Å². The lowest BCUT2D eigenvalue weighted by atomic mass is 10.1. The predicted molar refractivity (Wildman–Crippen MR) is 113 cm³/mol. The molecule has 1 N–H and O–H groups in total. The van der Waals surface area contributed by atoms with Crippen molar-refractivity contribution in [1.82, 2.24) is 14.8 Å². The Balaban J connectivity index is 1.75. The maximum atomic E-state index is 11.2. The zero-order valence-electron chi connectivity index (χ0n) is 16.1. The number of amides is 1. The Bertz CT molecular complexity index is 892. The van der Waals surface area contributed by atoms with Gasteiger partial charge >= 0.3 is 0 Å². The van der Waals surface area contributed by atoms with E-state index in [0.29, 0.717) is 0 Å². The van der Waals surface area contributed by atoms with E-state index in [2.05, 4.69) is 58.2 Å². The summed E-state index contributed by atoms with van der Waals surface area (Å²) in [6.45, 7) is 5.26. The lowest BCUT2D eigenvalue weighted by molar-refractivity contribution is -0.114. The summed E-state index contributed by atoms with van der Waals surface area (Å²) in [5.74, 6) is -0.0658. The topological polar surface area (TPSA) is 48.5 Å². The Labute approximate surface area is 164 Å². The molecular formula is C21H26N4OS. The molecule has 0 unspecified atom stereocenters. The molecule has 0 fully saturated rings. The molecule has 0 aliphatic heterocycles. The number of anilines is 1. The van der Waals surface area contributed by atoms with E-state index in [4.69, 9.17) is 4.98 Å². The molecule has 0 radical (unpaired) electrons. The number of benzene rings is 1. The maximum absolute atomic E-state index is 11.2. The lowest BCUT2D eigenvalue weighted by Gasteiger charge is -2.23. The van der Waals surface area contributed by atoms with Crippen LogP contribution in [-0.2, 0) is 17.9 Å². The number of hydrogen-bond acceptors (Lipinski definition) is 5. The summed E-state index contributed by atoms with van der Waals surface area (Å²) in [4.78, 5) is 20.7. The zero-order chi connectivity index (χ0) is 19.2. The van der Waals surface area contributed by atoms with Crippen molar-refractivity contribution in [3.63, 3.8) is 0 Å². The molecule has 142 valence electrons. The molecule has 0 aliphatic carbocycles. The molecule has 0 atom stereocenters. The van der Waals surface area contributed by atoms with Gasteiger partial charge in [-0.05, 0) is 60.8 Å². The molecule has 0 aliphatic rings. The molecule has 1 aromatic carbocycles. The first-order valence-electron chi connectivity index (χ1n) is 9.05. The second-order valence-corrected chi connectivity index (χ2v) is 7.82. The molecule has 5 nitrogen and oxygen atoms in total. The second-order valence-electron chi connectivity index (χ2n) is 7.04. The molecule has 0 saturated heterocycles. The molecular weight excluding hydrogens is 356 g/mol. The average Bonchev–Trinajstić information content (AvgIpc) is 3.12. The molecule has 0 saturated carbocycles. The van der Waals surface area contributed by atoms with Crippen LogP contribution in [0.25, 0.3) is 10.9 Å². The number of pyridine rings is 1. The molecule has 0 spiro atoms. The Morgan fingerprint density at radius 1 is 1.11 bits per heavy atom. The Morgan fingerprint density at radius 3 is 2.67 bits per heavy atom. The fourth-order valence-electron chi connectivity index (χ4n) is 2.96. The van der Waals surface area contributed by atoms with Crippen molar-refractivity contribution in [2.75, 3.05) is 32.5 Å². The number of hydrogen-bond donors (Lipinski definition) is 1. The van der Waals surface area contributed by atoms with Gasteiger partial charge in [-0.25, -0.2) is 0 Å². The van der Waals surface area contributed by atoms with Crippen LogP contribution < -0.4 is 5.32 Å². The van der Waals surface area contributed by atoms with Gasteiger partial charge in [0.15, 0.2) is 0 Å². The first-order valence-corrected chi connectivity index (χ1v) is 9.99. The van der Waals surface area contributed by atoms with Crippen LogP contribution in [0.3, 0.4) is 0 Å². The number of thiophene rings is 1. The number of nitrogens with one attached hydrogen (secondary N) is 1. The van der Waals surface area contributed by atoms with E-state index in [0.717, 1.165) is 48.5 Å². The van der Waals surface area contributed by atoms with Crippen molar-refractivity contribution >= 4 is 33.8 Å². The van der Waals surface area contributed by atoms with Crippen LogP contribution in [0.5, 0.6) is 0 Å². The fraction of sp³-hybridized carbons (Fsp3) is 0.333. The number of likely N-dealkylation sites (N-methyl/N-ethyl adjacent to an activating group) is 1. The standard InChI is InChI=1S/C21H26N4OS/c1-16(26)22-19-6-7-21-18(12-19)4-5-20(23-21)14-25(10-9-24(2)3)13-17-8-11-27-15-17/h4-8,11-12,15H,9-10,13-14H2,1-3H3,(H,22,26). The van der Waals surface area contributed by atoms with Crippen LogP contribution in [-0.4, -0.2) is 47.9 Å². The molecule has 0 bridgehead atoms. The van der Waals surface area contributed by atoms with Crippen LogP contribution in [0, 0.1) is 0 Å². The number of nitrogens with zero attached hydrogens (tertiary/aromatic N) is 3. The van der Waals surface area contributed by atoms with Gasteiger partial charge in [-0.1, -0.05) is 6.07 Å². The minimum atomic E-state index is -0.0658. The van der Waals surface area contributed by atoms with Crippen molar-refractivity contribution in [3.05, 3.63) is 58.4 Å². The number of rotatable bonds is 8. The van der Waals surface area contributed by atoms with Gasteiger partial charge in [-0.3, -0.25) is 14.7 Å². The Hall–Kier alpha value is -2.28. The molecule has 27 heavy (non-hydrogen) atoms. The van der Waals surface area contributed by atoms with Crippen LogP contribution in [0.4, 0.5) is 5.69 Å². The molecule has 6 heteroatoms. The lowest BCUT2D eigenvalue weighted by Crippen LogP contribution is -2.31. The van der Waals surface area contributed by atoms with Crippen LogP contribution in [0.2, 0.25) is 0 Å². The summed E-state index contributed by atoms with van der Waals surface area (Å²) >= 11 is 1.74. The number of carbonyl (C=O) groups excluding carboxylic acids is 1. The Morgan fingerprint density at radius 2 is 1.96 bits per heavy atom. The SMILES string of the molecule is CC(=O)Nc1ccc2nc(CN(CCN(C)C)Cc3ccsc3)ccc2c1. The van der Waals surface area contributed by atoms with E-state index in [-0.39, 0.29) is 5.91 Å². The van der Waals surface area contributed by atoms with Gasteiger partial charge in [0, 0.05) is 44.2 Å². The summed E-state index contributed by atoms with van der Waals surface area (Å²) in [6.07, 6.45) is 0. The Kier molecular flexibility index (Phi) is 6.55. The first-order chi connectivity index (χ1) is 13.0. The zero-order valence-corrected chi connectivity index (χ0v) is 16.9. The minimum Gasteiger partial charge on any atom is -0.326 e. The molecule has 3 rings (SSSR count). The number of carbonyl (C=O) groups is 1. The highest BCUT2D eigenvalue weighted by Gasteiger charge is 2.10. The monoisotopic (exact) mass is 382 g/mol. The van der Waals surface area contributed by atoms with E-state index in [1.807, 2.05) is 18.2 Å². The summed E-state index contributed by atoms with van der Waals surface area (Å²) in [7, 11) is 4.20. The largest absolute Gasteiger partial charge is 0.326 e. The van der Waals surface area contributed by atoms with Gasteiger partial charge in [-0.2, -0.15) is 11.3 Å². The van der Waals surface area contributed by atoms with Crippen molar-refractivity contribution in [2.45, 2.75) is 20.0 Å². The summed E-state index contributed by atoms with van der Waals surface area (Å²) in [6, 6.07) is 12.2. The van der Waals surface area contributed by atoms with Crippen molar-refractivity contribution < 1.29 is 4.79 Å². The highest BCUT2D eigenvalue weighted by molar-refractivity contribution is 7.07. The second kappa shape index (κ2) is 9.08. The van der Waals surface area contributed by atoms with Gasteiger partial charge in [0.25, 0.3) is 0 Å². The molecule has 2 aromatic heterocycles. The number of aromatic nitrogens is 1. The average molecular weight is 383 g/mol. The molecule has 2 heterocycles. The van der Waals surface area contributed by atoms with Crippen LogP contribution in [0.15, 0.2) is 47.2 Å². The van der Waals surface area contributed by atoms with Crippen molar-refractivity contribution in [3.8, 4) is 0 Å². The van der Waals surface area contributed by atoms with Crippen molar-refractivity contribution in [1.29, 1.82) is 0 Å². The van der Waals surface area contributed by atoms with Gasteiger partial charge in [-0.15, -0.1) is 0 Å². The summed E-state index contributed by atoms with van der Waals surface area (Å²) < 4.78 is 0. The van der Waals surface area contributed by atoms with E-state index >= 15 is 0 Å². The summed E-state index contributed by atoms with van der Waals surface area (Å²) in [5, 5.41) is 8.18. The van der Waals surface area contributed by atoms with Gasteiger partial charge in [0.1, 0.15) is 0 Å². The normalized spacial score (nSPS) is 11.4. The third-order valence-electron chi connectivity index (χ3n) is 4.30. The smallest absolute Gasteiger partial charge is 0.221 e. The van der Waals surface area contributed by atoms with Crippen molar-refractivity contribution in [2.24, 2.45) is 0 Å². The predicted octanol–water partition coefficient (Wildman–Crippen LogP) is 3.82. The molecule has 3 aromatic rings. The van der Waals surface area contributed by atoms with E-state index in [9.17, 15) is 4.79 Å². The molecule has 1 amide bonds. The van der Waals surface area contributed by atoms with Gasteiger partial charge in [0.05, 0.1) is 11.2 Å². The van der Waals surface area contributed by atoms with Crippen LogP contribution >= 0.6 is 11.3 Å². The van der Waals surface area contributed by atoms with Crippen LogP contribution in [0.1, 0.15) is 18.2 Å². The quantitative estimate of drug-likeness (QED) is 0.643. The van der Waals surface area contributed by atoms with E-state index in [1.54, 1.807) is 11.3 Å². The third-order valence-corrected chi connectivity index (χ3v) is 5.03. The highest BCUT2D eigenvalue weighted by atomic mass is 32.1. The third kappa shape index (κ3) is 5.85. The fourth-order valence-corrected chi connectivity index (χ4v) is 3.62. The van der Waals surface area contributed by atoms with E-state index < -0.39 is 0 Å². The maximum Gasteiger partial charge on any atom is 0.221 e. The van der Waals surface area contributed by atoms with Gasteiger partial charge < -0.3 is 10.2 Å². The number of fused-ring (bicyclic) bond motifs is 1. The summed E-state index contributed by atoms with van der Waals surface area (Å²) in [5.41, 5.74) is 4.16. The minimum absolute atomic E-state index is 0.0658. The highest BCUT2D eigenvalue weighted by Crippen LogP contribution is 2.19.